The van der Waals surface area contributed by atoms with Gasteiger partial charge in [0.05, 0.1) is 12.1 Å². The predicted octanol–water partition coefficient (Wildman–Crippen LogP) is 2.08. The lowest BCUT2D eigenvalue weighted by Gasteiger charge is -2.31. The summed E-state index contributed by atoms with van der Waals surface area (Å²) in [4.78, 5) is 2.32. The number of hydrogen-bond donors (Lipinski definition) is 2. The molecule has 2 N–H and O–H groups in total. The molecule has 3 nitrogen and oxygen atoms in total. The van der Waals surface area contributed by atoms with E-state index in [0.29, 0.717) is 6.04 Å². The molecule has 1 aliphatic rings. The zero-order valence-electron chi connectivity index (χ0n) is 11.0. The Bertz CT molecular complexity index is 411. The smallest absolute Gasteiger partial charge is 0.125 e. The Balaban J connectivity index is 2.10. The Morgan fingerprint density at radius 3 is 2.83 bits per heavy atom. The highest BCUT2D eigenvalue weighted by Crippen LogP contribution is 2.27. The van der Waals surface area contributed by atoms with Gasteiger partial charge >= 0.3 is 0 Å². The van der Waals surface area contributed by atoms with Gasteiger partial charge in [-0.2, -0.15) is 0 Å². The van der Waals surface area contributed by atoms with Crippen LogP contribution in [0.3, 0.4) is 0 Å². The number of aliphatic hydroxyl groups is 1. The third-order valence-electron chi connectivity index (χ3n) is 3.65. The number of rotatable bonds is 4. The summed E-state index contributed by atoms with van der Waals surface area (Å²) in [5.74, 6) is -0.258. The van der Waals surface area contributed by atoms with Crippen molar-refractivity contribution in [3.05, 3.63) is 30.1 Å². The quantitative estimate of drug-likeness (QED) is 0.861. The van der Waals surface area contributed by atoms with Gasteiger partial charge in [0.2, 0.25) is 0 Å². The highest BCUT2D eigenvalue weighted by atomic mass is 19.1. The molecular weight excluding hydrogens is 231 g/mol. The molecule has 0 bridgehead atoms. The lowest BCUT2D eigenvalue weighted by molar-refractivity contribution is 0.196. The van der Waals surface area contributed by atoms with Gasteiger partial charge in [0.15, 0.2) is 0 Å². The zero-order chi connectivity index (χ0) is 13.2. The van der Waals surface area contributed by atoms with Gasteiger partial charge in [-0.15, -0.1) is 0 Å². The monoisotopic (exact) mass is 252 g/mol. The molecule has 1 saturated heterocycles. The van der Waals surface area contributed by atoms with Crippen LogP contribution < -0.4 is 5.32 Å². The summed E-state index contributed by atoms with van der Waals surface area (Å²) in [6, 6.07) is 6.87. The molecule has 1 heterocycles. The van der Waals surface area contributed by atoms with Crippen LogP contribution in [0.25, 0.3) is 0 Å². The Morgan fingerprint density at radius 2 is 2.28 bits per heavy atom. The van der Waals surface area contributed by atoms with Crippen molar-refractivity contribution in [1.29, 1.82) is 0 Å². The predicted molar refractivity (Wildman–Crippen MR) is 71.2 cm³/mol. The molecule has 1 atom stereocenters. The molecule has 1 aromatic rings. The van der Waals surface area contributed by atoms with Gasteiger partial charge in [0.25, 0.3) is 0 Å². The Morgan fingerprint density at radius 1 is 1.50 bits per heavy atom. The maximum Gasteiger partial charge on any atom is 0.125 e. The number of hydrogen-bond acceptors (Lipinski definition) is 3. The molecule has 4 heteroatoms. The summed E-state index contributed by atoms with van der Waals surface area (Å²) >= 11 is 0. The first-order valence-corrected chi connectivity index (χ1v) is 6.43. The van der Waals surface area contributed by atoms with E-state index in [-0.39, 0.29) is 18.0 Å². The fraction of sp³-hybridized carbons (Fsp3) is 0.571. The normalized spacial score (nSPS) is 24.7. The fourth-order valence-electron chi connectivity index (χ4n) is 2.49. The molecule has 0 aromatic heterocycles. The lowest BCUT2D eigenvalue weighted by atomic mass is 9.99. The van der Waals surface area contributed by atoms with E-state index in [2.05, 4.69) is 24.1 Å². The van der Waals surface area contributed by atoms with Gasteiger partial charge in [-0.1, -0.05) is 6.07 Å². The van der Waals surface area contributed by atoms with Crippen LogP contribution in [0.4, 0.5) is 10.1 Å². The summed E-state index contributed by atoms with van der Waals surface area (Å²) in [5.41, 5.74) is 0.382. The molecule has 1 aliphatic heterocycles. The molecule has 0 amide bonds. The van der Waals surface area contributed by atoms with Crippen molar-refractivity contribution in [3.63, 3.8) is 0 Å². The lowest BCUT2D eigenvalue weighted by Crippen LogP contribution is -2.45. The standard InChI is InChI=1S/C14H21FN2O/c1-11(2)17-7-6-14(9-17,10-18)16-13-5-3-4-12(15)8-13/h3-5,8,11,16,18H,6-7,9-10H2,1-2H3. The van der Waals surface area contributed by atoms with E-state index in [1.54, 1.807) is 6.07 Å². The van der Waals surface area contributed by atoms with Gasteiger partial charge in [-0.05, 0) is 38.5 Å². The maximum absolute atomic E-state index is 13.2. The van der Waals surface area contributed by atoms with Crippen molar-refractivity contribution in [2.24, 2.45) is 0 Å². The third-order valence-corrected chi connectivity index (χ3v) is 3.65. The second kappa shape index (κ2) is 5.24. The van der Waals surface area contributed by atoms with Crippen LogP contribution in [0.1, 0.15) is 20.3 Å². The maximum atomic E-state index is 13.2. The summed E-state index contributed by atoms with van der Waals surface area (Å²) in [6.45, 7) is 6.11. The summed E-state index contributed by atoms with van der Waals surface area (Å²) < 4.78 is 13.2. The number of halogens is 1. The number of aliphatic hydroxyl groups excluding tert-OH is 1. The van der Waals surface area contributed by atoms with Crippen molar-refractivity contribution >= 4 is 5.69 Å². The van der Waals surface area contributed by atoms with E-state index in [1.165, 1.54) is 12.1 Å². The molecule has 1 aromatic carbocycles. The molecule has 2 rings (SSSR count). The number of anilines is 1. The van der Waals surface area contributed by atoms with Gasteiger partial charge in [-0.3, -0.25) is 4.90 Å². The van der Waals surface area contributed by atoms with E-state index >= 15 is 0 Å². The Hall–Kier alpha value is -1.13. The number of nitrogens with zero attached hydrogens (tertiary/aromatic N) is 1. The van der Waals surface area contributed by atoms with Gasteiger partial charge in [-0.25, -0.2) is 4.39 Å². The van der Waals surface area contributed by atoms with Crippen molar-refractivity contribution in [2.75, 3.05) is 25.0 Å². The molecule has 0 saturated carbocycles. The molecule has 18 heavy (non-hydrogen) atoms. The number of benzene rings is 1. The van der Waals surface area contributed by atoms with Gasteiger partial charge in [0.1, 0.15) is 5.82 Å². The minimum atomic E-state index is -0.349. The van der Waals surface area contributed by atoms with Crippen LogP contribution >= 0.6 is 0 Å². The second-order valence-electron chi connectivity index (χ2n) is 5.39. The molecule has 1 fully saturated rings. The number of likely N-dealkylation sites (tertiary alicyclic amines) is 1. The summed E-state index contributed by atoms with van der Waals surface area (Å²) in [6.07, 6.45) is 0.873. The van der Waals surface area contributed by atoms with Gasteiger partial charge in [0, 0.05) is 24.8 Å². The highest BCUT2D eigenvalue weighted by Gasteiger charge is 2.38. The highest BCUT2D eigenvalue weighted by molar-refractivity contribution is 5.46. The summed E-state index contributed by atoms with van der Waals surface area (Å²) in [7, 11) is 0. The molecular formula is C14H21FN2O. The van der Waals surface area contributed by atoms with Crippen molar-refractivity contribution in [1.82, 2.24) is 4.90 Å². The molecule has 100 valence electrons. The molecule has 0 spiro atoms. The van der Waals surface area contributed by atoms with Crippen LogP contribution in [0.15, 0.2) is 24.3 Å². The van der Waals surface area contributed by atoms with Crippen molar-refractivity contribution < 1.29 is 9.50 Å². The van der Waals surface area contributed by atoms with Gasteiger partial charge < -0.3 is 10.4 Å². The first kappa shape index (κ1) is 13.3. The minimum absolute atomic E-state index is 0.0622. The third kappa shape index (κ3) is 2.82. The summed E-state index contributed by atoms with van der Waals surface area (Å²) in [5, 5.41) is 13.0. The average Bonchev–Trinajstić information content (AvgIpc) is 2.74. The van der Waals surface area contributed by atoms with Crippen molar-refractivity contribution in [2.45, 2.75) is 31.8 Å². The van der Waals surface area contributed by atoms with Crippen LogP contribution in [-0.2, 0) is 0 Å². The Labute approximate surface area is 108 Å². The molecule has 1 unspecified atom stereocenters. The van der Waals surface area contributed by atoms with E-state index in [0.717, 1.165) is 25.2 Å². The van der Waals surface area contributed by atoms with Crippen LogP contribution in [0.5, 0.6) is 0 Å². The van der Waals surface area contributed by atoms with Crippen molar-refractivity contribution in [3.8, 4) is 0 Å². The fourth-order valence-corrected chi connectivity index (χ4v) is 2.49. The molecule has 0 aliphatic carbocycles. The van der Waals surface area contributed by atoms with E-state index in [9.17, 15) is 9.50 Å². The average molecular weight is 252 g/mol. The minimum Gasteiger partial charge on any atom is -0.394 e. The SMILES string of the molecule is CC(C)N1CCC(CO)(Nc2cccc(F)c2)C1. The van der Waals surface area contributed by atoms with Crippen LogP contribution in [0, 0.1) is 5.82 Å². The topological polar surface area (TPSA) is 35.5 Å². The zero-order valence-corrected chi connectivity index (χ0v) is 11.0. The first-order valence-electron chi connectivity index (χ1n) is 6.43. The van der Waals surface area contributed by atoms with E-state index in [1.807, 2.05) is 6.07 Å². The van der Waals surface area contributed by atoms with E-state index < -0.39 is 0 Å². The molecule has 0 radical (unpaired) electrons. The van der Waals surface area contributed by atoms with Crippen LogP contribution in [-0.4, -0.2) is 41.3 Å². The number of nitrogens with one attached hydrogen (secondary N) is 1. The Kier molecular flexibility index (Phi) is 3.88. The van der Waals surface area contributed by atoms with Crippen LogP contribution in [0.2, 0.25) is 0 Å². The largest absolute Gasteiger partial charge is 0.394 e. The second-order valence-corrected chi connectivity index (χ2v) is 5.39. The first-order chi connectivity index (χ1) is 8.54. The van der Waals surface area contributed by atoms with E-state index in [4.69, 9.17) is 0 Å².